The van der Waals surface area contributed by atoms with Crippen LogP contribution in [0.3, 0.4) is 0 Å². The SMILES string of the molecule is CC(C)(N)C(=O)NCCC(NC(CCc1ccccc1)C(=O)O)C(=O)N1CCC[C@H]1C(=O)O. The molecule has 2 rings (SSSR count). The Labute approximate surface area is 193 Å². The summed E-state index contributed by atoms with van der Waals surface area (Å²) in [6.45, 7) is 3.47. The zero-order chi connectivity index (χ0) is 24.6. The van der Waals surface area contributed by atoms with Crippen molar-refractivity contribution in [3.8, 4) is 0 Å². The molecule has 3 atom stereocenters. The third-order valence-corrected chi connectivity index (χ3v) is 5.69. The molecule has 0 bridgehead atoms. The molecule has 182 valence electrons. The van der Waals surface area contributed by atoms with Crippen molar-refractivity contribution >= 4 is 23.8 Å². The van der Waals surface area contributed by atoms with Crippen molar-refractivity contribution in [1.29, 1.82) is 0 Å². The highest BCUT2D eigenvalue weighted by Gasteiger charge is 2.38. The van der Waals surface area contributed by atoms with Crippen molar-refractivity contribution in [2.75, 3.05) is 13.1 Å². The second kappa shape index (κ2) is 11.8. The van der Waals surface area contributed by atoms with Gasteiger partial charge in [0.1, 0.15) is 12.1 Å². The van der Waals surface area contributed by atoms with Gasteiger partial charge in [0.25, 0.3) is 0 Å². The van der Waals surface area contributed by atoms with E-state index in [1.54, 1.807) is 13.8 Å². The van der Waals surface area contributed by atoms with E-state index in [4.69, 9.17) is 5.73 Å². The van der Waals surface area contributed by atoms with E-state index in [0.717, 1.165) is 5.56 Å². The quantitative estimate of drug-likeness (QED) is 0.297. The minimum absolute atomic E-state index is 0.0828. The standard InChI is InChI=1S/C23H34N4O6/c1-23(2,24)22(33)25-13-12-16(19(28)27-14-6-9-18(27)21(31)32)26-17(20(29)30)11-10-15-7-4-3-5-8-15/h3-5,7-8,16-18,26H,6,9-14,24H2,1-2H3,(H,25,33)(H,29,30)(H,31,32)/t16?,17?,18-/m0/s1. The van der Waals surface area contributed by atoms with Crippen LogP contribution in [0.4, 0.5) is 0 Å². The van der Waals surface area contributed by atoms with Crippen LogP contribution in [0.1, 0.15) is 45.1 Å². The van der Waals surface area contributed by atoms with E-state index in [1.165, 1.54) is 4.90 Å². The molecule has 0 radical (unpaired) electrons. The number of hydrogen-bond acceptors (Lipinski definition) is 6. The molecule has 1 aromatic carbocycles. The van der Waals surface area contributed by atoms with Crippen LogP contribution in [-0.4, -0.2) is 75.6 Å². The number of aryl methyl sites for hydroxylation is 1. The lowest BCUT2D eigenvalue weighted by Gasteiger charge is -2.29. The van der Waals surface area contributed by atoms with E-state index in [9.17, 15) is 29.4 Å². The summed E-state index contributed by atoms with van der Waals surface area (Å²) in [5.41, 5.74) is 5.64. The fraction of sp³-hybridized carbons (Fsp3) is 0.565. The molecule has 1 aromatic rings. The number of nitrogens with one attached hydrogen (secondary N) is 2. The maximum Gasteiger partial charge on any atom is 0.326 e. The van der Waals surface area contributed by atoms with Gasteiger partial charge in [-0.1, -0.05) is 30.3 Å². The number of carboxylic acids is 2. The molecule has 6 N–H and O–H groups in total. The molecule has 2 amide bonds. The lowest BCUT2D eigenvalue weighted by atomic mass is 10.0. The molecule has 10 heteroatoms. The predicted octanol–water partition coefficient (Wildman–Crippen LogP) is 0.350. The molecule has 0 aliphatic carbocycles. The Kier molecular flexibility index (Phi) is 9.36. The van der Waals surface area contributed by atoms with Crippen molar-refractivity contribution in [3.63, 3.8) is 0 Å². The minimum atomic E-state index is -1.10. The first-order valence-corrected chi connectivity index (χ1v) is 11.1. The van der Waals surface area contributed by atoms with E-state index >= 15 is 0 Å². The Hall–Kier alpha value is -2.98. The van der Waals surface area contributed by atoms with Crippen molar-refractivity contribution in [2.45, 2.75) is 69.6 Å². The van der Waals surface area contributed by atoms with Gasteiger partial charge in [-0.15, -0.1) is 0 Å². The van der Waals surface area contributed by atoms with Crippen LogP contribution in [0, 0.1) is 0 Å². The number of carbonyl (C=O) groups is 4. The Balaban J connectivity index is 2.13. The van der Waals surface area contributed by atoms with Crippen LogP contribution in [0.5, 0.6) is 0 Å². The molecule has 0 spiro atoms. The van der Waals surface area contributed by atoms with Gasteiger partial charge in [-0.05, 0) is 51.5 Å². The summed E-state index contributed by atoms with van der Waals surface area (Å²) in [4.78, 5) is 50.1. The van der Waals surface area contributed by atoms with Gasteiger partial charge < -0.3 is 26.2 Å². The van der Waals surface area contributed by atoms with E-state index < -0.39 is 47.4 Å². The smallest absolute Gasteiger partial charge is 0.326 e. The highest BCUT2D eigenvalue weighted by Crippen LogP contribution is 2.20. The van der Waals surface area contributed by atoms with Crippen molar-refractivity contribution in [1.82, 2.24) is 15.5 Å². The van der Waals surface area contributed by atoms with Gasteiger partial charge in [-0.3, -0.25) is 19.7 Å². The highest BCUT2D eigenvalue weighted by atomic mass is 16.4. The topological polar surface area (TPSA) is 162 Å². The Morgan fingerprint density at radius 2 is 1.79 bits per heavy atom. The molecule has 1 aliphatic heterocycles. The lowest BCUT2D eigenvalue weighted by molar-refractivity contribution is -0.149. The van der Waals surface area contributed by atoms with E-state index in [2.05, 4.69) is 10.6 Å². The van der Waals surface area contributed by atoms with Crippen LogP contribution in [0.25, 0.3) is 0 Å². The number of nitrogens with zero attached hydrogens (tertiary/aromatic N) is 1. The number of amides is 2. The summed E-state index contributed by atoms with van der Waals surface area (Å²) in [5.74, 6) is -3.08. The summed E-state index contributed by atoms with van der Waals surface area (Å²) < 4.78 is 0. The molecule has 1 fully saturated rings. The Morgan fingerprint density at radius 3 is 2.36 bits per heavy atom. The number of nitrogens with two attached hydrogens (primary N) is 1. The molecule has 1 aliphatic rings. The monoisotopic (exact) mass is 462 g/mol. The largest absolute Gasteiger partial charge is 0.480 e. The number of carbonyl (C=O) groups excluding carboxylic acids is 2. The van der Waals surface area contributed by atoms with Crippen LogP contribution in [-0.2, 0) is 25.6 Å². The average Bonchev–Trinajstić information content (AvgIpc) is 3.25. The highest BCUT2D eigenvalue weighted by molar-refractivity contribution is 5.88. The predicted molar refractivity (Wildman–Crippen MR) is 121 cm³/mol. The van der Waals surface area contributed by atoms with Gasteiger partial charge in [0.05, 0.1) is 11.6 Å². The van der Waals surface area contributed by atoms with E-state index in [0.29, 0.717) is 19.3 Å². The molecule has 33 heavy (non-hydrogen) atoms. The van der Waals surface area contributed by atoms with Crippen molar-refractivity contribution < 1.29 is 29.4 Å². The van der Waals surface area contributed by atoms with Crippen LogP contribution < -0.4 is 16.4 Å². The van der Waals surface area contributed by atoms with Crippen molar-refractivity contribution in [3.05, 3.63) is 35.9 Å². The number of aliphatic carboxylic acids is 2. The van der Waals surface area contributed by atoms with Crippen LogP contribution >= 0.6 is 0 Å². The third kappa shape index (κ3) is 7.83. The van der Waals surface area contributed by atoms with Gasteiger partial charge in [0, 0.05) is 13.1 Å². The van der Waals surface area contributed by atoms with Gasteiger partial charge in [-0.25, -0.2) is 4.79 Å². The van der Waals surface area contributed by atoms with Gasteiger partial charge in [0.2, 0.25) is 11.8 Å². The second-order valence-electron chi connectivity index (χ2n) is 8.93. The second-order valence-corrected chi connectivity index (χ2v) is 8.93. The fourth-order valence-corrected chi connectivity index (χ4v) is 3.80. The molecular formula is C23H34N4O6. The molecular weight excluding hydrogens is 428 g/mol. The maximum absolute atomic E-state index is 13.2. The normalized spacial score (nSPS) is 17.9. The van der Waals surface area contributed by atoms with Crippen molar-refractivity contribution in [2.24, 2.45) is 5.73 Å². The summed E-state index contributed by atoms with van der Waals surface area (Å²) in [6, 6.07) is 6.47. The molecule has 1 heterocycles. The summed E-state index contributed by atoms with van der Waals surface area (Å²) in [5, 5.41) is 24.8. The molecule has 1 saturated heterocycles. The lowest BCUT2D eigenvalue weighted by Crippen LogP contribution is -2.56. The van der Waals surface area contributed by atoms with E-state index in [-0.39, 0.29) is 25.9 Å². The zero-order valence-electron chi connectivity index (χ0n) is 19.1. The first-order valence-electron chi connectivity index (χ1n) is 11.1. The van der Waals surface area contributed by atoms with Gasteiger partial charge in [-0.2, -0.15) is 0 Å². The first kappa shape index (κ1) is 26.3. The fourth-order valence-electron chi connectivity index (χ4n) is 3.80. The van der Waals surface area contributed by atoms with Gasteiger partial charge >= 0.3 is 11.9 Å². The molecule has 10 nitrogen and oxygen atoms in total. The number of hydrogen-bond donors (Lipinski definition) is 5. The third-order valence-electron chi connectivity index (χ3n) is 5.69. The maximum atomic E-state index is 13.2. The molecule has 2 unspecified atom stereocenters. The Morgan fingerprint density at radius 1 is 1.12 bits per heavy atom. The summed E-state index contributed by atoms with van der Waals surface area (Å²) >= 11 is 0. The molecule has 0 aromatic heterocycles. The summed E-state index contributed by atoms with van der Waals surface area (Å²) in [6.07, 6.45) is 1.74. The summed E-state index contributed by atoms with van der Waals surface area (Å²) in [7, 11) is 0. The number of carboxylic acid groups (broad SMARTS) is 2. The number of likely N-dealkylation sites (tertiary alicyclic amines) is 1. The number of rotatable bonds is 12. The van der Waals surface area contributed by atoms with Crippen LogP contribution in [0.2, 0.25) is 0 Å². The Bertz CT molecular complexity index is 839. The average molecular weight is 463 g/mol. The minimum Gasteiger partial charge on any atom is -0.480 e. The molecule has 0 saturated carbocycles. The van der Waals surface area contributed by atoms with Gasteiger partial charge in [0.15, 0.2) is 0 Å². The van der Waals surface area contributed by atoms with Crippen LogP contribution in [0.15, 0.2) is 30.3 Å². The van der Waals surface area contributed by atoms with E-state index in [1.807, 2.05) is 30.3 Å². The zero-order valence-corrected chi connectivity index (χ0v) is 19.1. The number of benzene rings is 1. The first-order chi connectivity index (χ1) is 15.5.